The SMILES string of the molecule is CC(CCN1C(=O)c2ccccc2C1=O)c1c(C(N)=O)ccc2c(-c3ccc(C(F)(F)F)cc3)cccc12. The van der Waals surface area contributed by atoms with Crippen molar-refractivity contribution in [3.63, 3.8) is 0 Å². The monoisotopic (exact) mass is 516 g/mol. The number of nitrogens with two attached hydrogens (primary N) is 1. The lowest BCUT2D eigenvalue weighted by Gasteiger charge is -2.22. The van der Waals surface area contributed by atoms with Crippen molar-refractivity contribution >= 4 is 28.5 Å². The molecule has 0 radical (unpaired) electrons. The van der Waals surface area contributed by atoms with Crippen LogP contribution in [0, 0.1) is 0 Å². The maximum absolute atomic E-state index is 13.1. The van der Waals surface area contributed by atoms with Crippen molar-refractivity contribution in [1.29, 1.82) is 0 Å². The lowest BCUT2D eigenvalue weighted by Crippen LogP contribution is -2.31. The van der Waals surface area contributed by atoms with Crippen LogP contribution in [0.15, 0.2) is 78.9 Å². The second-order valence-electron chi connectivity index (χ2n) is 9.36. The zero-order valence-electron chi connectivity index (χ0n) is 20.4. The Labute approximate surface area is 216 Å². The number of halogens is 3. The van der Waals surface area contributed by atoms with Crippen molar-refractivity contribution in [3.05, 3.63) is 107 Å². The van der Waals surface area contributed by atoms with E-state index in [1.807, 2.05) is 19.1 Å². The van der Waals surface area contributed by atoms with Crippen LogP contribution >= 0.6 is 0 Å². The maximum atomic E-state index is 13.1. The summed E-state index contributed by atoms with van der Waals surface area (Å²) < 4.78 is 39.2. The fraction of sp³-hybridized carbons (Fsp3) is 0.167. The quantitative estimate of drug-likeness (QED) is 0.301. The standard InChI is InChI=1S/C30H23F3N2O3/c1-17(15-16-35-28(37)23-5-2-3-6-24(23)29(35)38)26-22-8-4-7-20(21(22)13-14-25(26)27(34)36)18-9-11-19(12-10-18)30(31,32)33/h2-14,17H,15-16H2,1H3,(H2,34,36). The zero-order chi connectivity index (χ0) is 27.2. The molecule has 0 aromatic heterocycles. The van der Waals surface area contributed by atoms with Crippen molar-refractivity contribution in [2.75, 3.05) is 6.54 Å². The molecule has 0 bridgehead atoms. The minimum Gasteiger partial charge on any atom is -0.366 e. The molecule has 0 saturated heterocycles. The van der Waals surface area contributed by atoms with Gasteiger partial charge < -0.3 is 5.73 Å². The number of alkyl halides is 3. The Hall–Kier alpha value is -4.46. The third-order valence-corrected chi connectivity index (χ3v) is 7.05. The van der Waals surface area contributed by atoms with Gasteiger partial charge >= 0.3 is 6.18 Å². The summed E-state index contributed by atoms with van der Waals surface area (Å²) in [5.74, 6) is -1.59. The highest BCUT2D eigenvalue weighted by Gasteiger charge is 2.35. The fourth-order valence-corrected chi connectivity index (χ4v) is 5.13. The third-order valence-electron chi connectivity index (χ3n) is 7.05. The zero-order valence-corrected chi connectivity index (χ0v) is 20.4. The Balaban J connectivity index is 1.50. The fourth-order valence-electron chi connectivity index (χ4n) is 5.13. The van der Waals surface area contributed by atoms with Crippen molar-refractivity contribution < 1.29 is 27.6 Å². The van der Waals surface area contributed by atoms with Gasteiger partial charge in [-0.05, 0) is 70.1 Å². The summed E-state index contributed by atoms with van der Waals surface area (Å²) in [6.45, 7) is 2.05. The highest BCUT2D eigenvalue weighted by atomic mass is 19.4. The molecular formula is C30H23F3N2O3. The number of hydrogen-bond donors (Lipinski definition) is 1. The molecule has 5 rings (SSSR count). The molecule has 1 aliphatic rings. The smallest absolute Gasteiger partial charge is 0.366 e. The van der Waals surface area contributed by atoms with E-state index in [1.165, 1.54) is 17.0 Å². The molecule has 4 aromatic carbocycles. The van der Waals surface area contributed by atoms with Crippen LogP contribution in [0.3, 0.4) is 0 Å². The summed E-state index contributed by atoms with van der Waals surface area (Å²) in [5.41, 5.74) is 8.00. The van der Waals surface area contributed by atoms with E-state index in [9.17, 15) is 27.6 Å². The normalized spacial score (nSPS) is 14.2. The molecule has 0 saturated carbocycles. The van der Waals surface area contributed by atoms with E-state index in [-0.39, 0.29) is 24.3 Å². The van der Waals surface area contributed by atoms with Crippen molar-refractivity contribution in [2.24, 2.45) is 5.73 Å². The molecule has 2 N–H and O–H groups in total. The Kier molecular flexibility index (Phi) is 6.26. The van der Waals surface area contributed by atoms with Crippen LogP contribution in [0.1, 0.15) is 61.5 Å². The largest absolute Gasteiger partial charge is 0.416 e. The first-order chi connectivity index (χ1) is 18.1. The summed E-state index contributed by atoms with van der Waals surface area (Å²) in [6, 6.07) is 20.4. The highest BCUT2D eigenvalue weighted by Crippen LogP contribution is 2.38. The van der Waals surface area contributed by atoms with Crippen LogP contribution in [-0.4, -0.2) is 29.2 Å². The van der Waals surface area contributed by atoms with Crippen molar-refractivity contribution in [1.82, 2.24) is 4.90 Å². The highest BCUT2D eigenvalue weighted by molar-refractivity contribution is 6.21. The van der Waals surface area contributed by atoms with E-state index in [4.69, 9.17) is 5.73 Å². The predicted molar refractivity (Wildman–Crippen MR) is 138 cm³/mol. The number of imide groups is 1. The number of carbonyl (C=O) groups is 3. The average Bonchev–Trinajstić information content (AvgIpc) is 3.15. The van der Waals surface area contributed by atoms with Crippen LogP contribution in [-0.2, 0) is 6.18 Å². The summed E-state index contributed by atoms with van der Waals surface area (Å²) in [4.78, 5) is 39.2. The number of rotatable bonds is 6. The van der Waals surface area contributed by atoms with Gasteiger partial charge in [-0.25, -0.2) is 0 Å². The van der Waals surface area contributed by atoms with Gasteiger partial charge in [0.1, 0.15) is 0 Å². The van der Waals surface area contributed by atoms with E-state index < -0.39 is 17.6 Å². The Morgan fingerprint density at radius 1 is 0.816 bits per heavy atom. The number of nitrogens with zero attached hydrogens (tertiary/aromatic N) is 1. The minimum absolute atomic E-state index is 0.153. The molecule has 1 heterocycles. The lowest BCUT2D eigenvalue weighted by molar-refractivity contribution is -0.137. The summed E-state index contributed by atoms with van der Waals surface area (Å²) in [7, 11) is 0. The lowest BCUT2D eigenvalue weighted by atomic mass is 9.85. The van der Waals surface area contributed by atoms with Gasteiger partial charge in [-0.15, -0.1) is 0 Å². The first-order valence-electron chi connectivity index (χ1n) is 12.1. The van der Waals surface area contributed by atoms with E-state index >= 15 is 0 Å². The summed E-state index contributed by atoms with van der Waals surface area (Å²) >= 11 is 0. The Morgan fingerprint density at radius 2 is 1.42 bits per heavy atom. The van der Waals surface area contributed by atoms with E-state index in [0.717, 1.165) is 22.9 Å². The molecule has 3 amide bonds. The molecule has 38 heavy (non-hydrogen) atoms. The van der Waals surface area contributed by atoms with Gasteiger partial charge in [-0.3, -0.25) is 19.3 Å². The van der Waals surface area contributed by atoms with Gasteiger partial charge in [0, 0.05) is 12.1 Å². The van der Waals surface area contributed by atoms with E-state index in [2.05, 4.69) is 0 Å². The molecule has 0 aliphatic carbocycles. The molecule has 0 spiro atoms. The molecule has 8 heteroatoms. The molecule has 192 valence electrons. The number of amides is 3. The van der Waals surface area contributed by atoms with Crippen LogP contribution in [0.2, 0.25) is 0 Å². The van der Waals surface area contributed by atoms with Crippen LogP contribution < -0.4 is 5.73 Å². The second kappa shape index (κ2) is 9.45. The number of carbonyl (C=O) groups excluding carboxylic acids is 3. The van der Waals surface area contributed by atoms with E-state index in [0.29, 0.717) is 39.8 Å². The predicted octanol–water partition coefficient (Wildman–Crippen LogP) is 6.41. The second-order valence-corrected chi connectivity index (χ2v) is 9.36. The number of benzene rings is 4. The number of primary amides is 1. The minimum atomic E-state index is -4.43. The van der Waals surface area contributed by atoms with Crippen molar-refractivity contribution in [3.8, 4) is 11.1 Å². The summed E-state index contributed by atoms with van der Waals surface area (Å²) in [6.07, 6.45) is -4.05. The first-order valence-corrected chi connectivity index (χ1v) is 12.1. The van der Waals surface area contributed by atoms with Gasteiger partial charge in [0.25, 0.3) is 11.8 Å². The first kappa shape index (κ1) is 25.2. The average molecular weight is 517 g/mol. The van der Waals surface area contributed by atoms with E-state index in [1.54, 1.807) is 42.5 Å². The van der Waals surface area contributed by atoms with Crippen molar-refractivity contribution in [2.45, 2.75) is 25.4 Å². The van der Waals surface area contributed by atoms with Gasteiger partial charge in [0.2, 0.25) is 5.91 Å². The molecule has 0 fully saturated rings. The molecular weight excluding hydrogens is 493 g/mol. The molecule has 1 aliphatic heterocycles. The maximum Gasteiger partial charge on any atom is 0.416 e. The van der Waals surface area contributed by atoms with Gasteiger partial charge in [0.15, 0.2) is 0 Å². The molecule has 5 nitrogen and oxygen atoms in total. The van der Waals surface area contributed by atoms with Gasteiger partial charge in [-0.2, -0.15) is 13.2 Å². The number of fused-ring (bicyclic) bond motifs is 2. The molecule has 1 unspecified atom stereocenters. The molecule has 4 aromatic rings. The Bertz CT molecular complexity index is 1560. The third kappa shape index (κ3) is 4.32. The molecule has 1 atom stereocenters. The summed E-state index contributed by atoms with van der Waals surface area (Å²) in [5, 5.41) is 1.48. The number of hydrogen-bond acceptors (Lipinski definition) is 3. The van der Waals surface area contributed by atoms with Crippen LogP contribution in [0.4, 0.5) is 13.2 Å². The Morgan fingerprint density at radius 3 is 2.00 bits per heavy atom. The topological polar surface area (TPSA) is 80.5 Å². The van der Waals surface area contributed by atoms with Gasteiger partial charge in [0.05, 0.1) is 16.7 Å². The van der Waals surface area contributed by atoms with Gasteiger partial charge in [-0.1, -0.05) is 55.5 Å². The van der Waals surface area contributed by atoms with Crippen LogP contribution in [0.5, 0.6) is 0 Å². The van der Waals surface area contributed by atoms with Crippen LogP contribution in [0.25, 0.3) is 21.9 Å².